The summed E-state index contributed by atoms with van der Waals surface area (Å²) >= 11 is 0. The van der Waals surface area contributed by atoms with Crippen LogP contribution >= 0.6 is 0 Å². The van der Waals surface area contributed by atoms with Crippen LogP contribution in [0.25, 0.3) is 0 Å². The van der Waals surface area contributed by atoms with Gasteiger partial charge in [0.05, 0.1) is 13.2 Å². The fraction of sp³-hybridized carbons (Fsp3) is 0.556. The third kappa shape index (κ3) is 5.15. The molecule has 0 spiro atoms. The number of hydrogen-bond donors (Lipinski definition) is 0. The van der Waals surface area contributed by atoms with Crippen LogP contribution in [0, 0.1) is 6.92 Å². The Bertz CT molecular complexity index is 554. The Labute approximate surface area is 143 Å². The number of piperazine rings is 1. The number of amides is 2. The van der Waals surface area contributed by atoms with Crippen molar-refractivity contribution in [2.75, 3.05) is 39.4 Å². The Morgan fingerprint density at radius 1 is 1.08 bits per heavy atom. The topological polar surface area (TPSA) is 59.1 Å². The van der Waals surface area contributed by atoms with E-state index in [4.69, 9.17) is 9.47 Å². The molecule has 1 heterocycles. The lowest BCUT2D eigenvalue weighted by atomic mass is 10.2. The number of para-hydroxylation sites is 1. The van der Waals surface area contributed by atoms with Crippen molar-refractivity contribution in [3.05, 3.63) is 29.8 Å². The summed E-state index contributed by atoms with van der Waals surface area (Å²) in [6, 6.07) is 7.85. The zero-order valence-electron chi connectivity index (χ0n) is 14.5. The van der Waals surface area contributed by atoms with E-state index in [1.165, 1.54) is 0 Å². The number of nitrogens with zero attached hydrogens (tertiary/aromatic N) is 2. The Morgan fingerprint density at radius 2 is 1.75 bits per heavy atom. The van der Waals surface area contributed by atoms with Gasteiger partial charge >= 0.3 is 6.09 Å². The molecular formula is C18H26N2O4. The van der Waals surface area contributed by atoms with E-state index in [1.54, 1.807) is 11.8 Å². The molecule has 0 aliphatic carbocycles. The van der Waals surface area contributed by atoms with E-state index in [0.29, 0.717) is 52.2 Å². The van der Waals surface area contributed by atoms with Gasteiger partial charge < -0.3 is 19.3 Å². The number of rotatable bonds is 6. The van der Waals surface area contributed by atoms with Crippen molar-refractivity contribution in [3.8, 4) is 5.75 Å². The van der Waals surface area contributed by atoms with Crippen LogP contribution in [-0.4, -0.2) is 61.2 Å². The molecule has 1 aliphatic rings. The van der Waals surface area contributed by atoms with E-state index >= 15 is 0 Å². The molecule has 0 saturated carbocycles. The number of aryl methyl sites for hydroxylation is 1. The Hall–Kier alpha value is -2.24. The minimum Gasteiger partial charge on any atom is -0.493 e. The van der Waals surface area contributed by atoms with Gasteiger partial charge in [-0.15, -0.1) is 0 Å². The molecule has 2 rings (SSSR count). The maximum Gasteiger partial charge on any atom is 0.409 e. The second-order valence-electron chi connectivity index (χ2n) is 5.78. The van der Waals surface area contributed by atoms with Crippen LogP contribution in [0.1, 0.15) is 25.3 Å². The Balaban J connectivity index is 1.65. The van der Waals surface area contributed by atoms with Crippen molar-refractivity contribution in [1.29, 1.82) is 0 Å². The normalized spacial score (nSPS) is 14.4. The third-order valence-electron chi connectivity index (χ3n) is 4.04. The predicted octanol–water partition coefficient (Wildman–Crippen LogP) is 2.45. The minimum absolute atomic E-state index is 0.117. The highest BCUT2D eigenvalue weighted by Gasteiger charge is 2.24. The molecule has 0 aromatic heterocycles. The second-order valence-corrected chi connectivity index (χ2v) is 5.78. The summed E-state index contributed by atoms with van der Waals surface area (Å²) in [7, 11) is 0. The van der Waals surface area contributed by atoms with E-state index in [2.05, 4.69) is 0 Å². The average molecular weight is 334 g/mol. The number of ether oxygens (including phenoxy) is 2. The van der Waals surface area contributed by atoms with Gasteiger partial charge in [0.1, 0.15) is 5.75 Å². The SMILES string of the molecule is CCOC(=O)N1CCN(C(=O)CCCOc2ccccc2C)CC1. The summed E-state index contributed by atoms with van der Waals surface area (Å²) in [5, 5.41) is 0. The van der Waals surface area contributed by atoms with Crippen molar-refractivity contribution < 1.29 is 19.1 Å². The average Bonchev–Trinajstić information content (AvgIpc) is 2.60. The molecule has 1 aromatic carbocycles. The van der Waals surface area contributed by atoms with E-state index in [0.717, 1.165) is 11.3 Å². The number of benzene rings is 1. The summed E-state index contributed by atoms with van der Waals surface area (Å²) in [5.74, 6) is 0.986. The Kier molecular flexibility index (Phi) is 6.90. The summed E-state index contributed by atoms with van der Waals surface area (Å²) in [4.78, 5) is 27.3. The highest BCUT2D eigenvalue weighted by Crippen LogP contribution is 2.16. The van der Waals surface area contributed by atoms with Crippen LogP contribution in [0.15, 0.2) is 24.3 Å². The molecular weight excluding hydrogens is 308 g/mol. The van der Waals surface area contributed by atoms with E-state index in [9.17, 15) is 9.59 Å². The van der Waals surface area contributed by atoms with E-state index < -0.39 is 0 Å². The molecule has 0 bridgehead atoms. The van der Waals surface area contributed by atoms with Gasteiger partial charge in [-0.2, -0.15) is 0 Å². The maximum atomic E-state index is 12.2. The van der Waals surface area contributed by atoms with Crippen LogP contribution in [-0.2, 0) is 9.53 Å². The Morgan fingerprint density at radius 3 is 2.42 bits per heavy atom. The first-order chi connectivity index (χ1) is 11.6. The highest BCUT2D eigenvalue weighted by atomic mass is 16.6. The van der Waals surface area contributed by atoms with Gasteiger partial charge in [-0.25, -0.2) is 4.79 Å². The van der Waals surface area contributed by atoms with Crippen molar-refractivity contribution in [1.82, 2.24) is 9.80 Å². The van der Waals surface area contributed by atoms with Crippen molar-refractivity contribution in [2.24, 2.45) is 0 Å². The van der Waals surface area contributed by atoms with Gasteiger partial charge in [0, 0.05) is 32.6 Å². The monoisotopic (exact) mass is 334 g/mol. The van der Waals surface area contributed by atoms with Gasteiger partial charge in [-0.1, -0.05) is 18.2 Å². The fourth-order valence-electron chi connectivity index (χ4n) is 2.64. The molecule has 1 aliphatic heterocycles. The van der Waals surface area contributed by atoms with Gasteiger partial charge in [0.2, 0.25) is 5.91 Å². The first-order valence-electron chi connectivity index (χ1n) is 8.49. The first kappa shape index (κ1) is 18.1. The highest BCUT2D eigenvalue weighted by molar-refractivity contribution is 5.76. The first-order valence-corrected chi connectivity index (χ1v) is 8.49. The smallest absolute Gasteiger partial charge is 0.409 e. The minimum atomic E-state index is -0.295. The van der Waals surface area contributed by atoms with Crippen molar-refractivity contribution in [3.63, 3.8) is 0 Å². The molecule has 1 fully saturated rings. The van der Waals surface area contributed by atoms with Crippen LogP contribution in [0.5, 0.6) is 5.75 Å². The van der Waals surface area contributed by atoms with Gasteiger partial charge in [-0.05, 0) is 31.9 Å². The second kappa shape index (κ2) is 9.15. The molecule has 0 N–H and O–H groups in total. The largest absolute Gasteiger partial charge is 0.493 e. The molecule has 2 amide bonds. The van der Waals surface area contributed by atoms with Gasteiger partial charge in [0.15, 0.2) is 0 Å². The lowest BCUT2D eigenvalue weighted by Crippen LogP contribution is -2.50. The molecule has 0 unspecified atom stereocenters. The number of carbonyl (C=O) groups is 2. The predicted molar refractivity (Wildman–Crippen MR) is 91.1 cm³/mol. The van der Waals surface area contributed by atoms with Crippen molar-refractivity contribution in [2.45, 2.75) is 26.7 Å². The molecule has 1 saturated heterocycles. The summed E-state index contributed by atoms with van der Waals surface area (Å²) in [6.45, 7) is 6.89. The van der Waals surface area contributed by atoms with Crippen LogP contribution in [0.2, 0.25) is 0 Å². The molecule has 6 nitrogen and oxygen atoms in total. The van der Waals surface area contributed by atoms with E-state index in [-0.39, 0.29) is 12.0 Å². The van der Waals surface area contributed by atoms with E-state index in [1.807, 2.05) is 36.1 Å². The number of hydrogen-bond acceptors (Lipinski definition) is 4. The number of carbonyl (C=O) groups excluding carboxylic acids is 2. The van der Waals surface area contributed by atoms with Gasteiger partial charge in [0.25, 0.3) is 0 Å². The third-order valence-corrected chi connectivity index (χ3v) is 4.04. The van der Waals surface area contributed by atoms with Crippen molar-refractivity contribution >= 4 is 12.0 Å². The zero-order chi connectivity index (χ0) is 17.4. The standard InChI is InChI=1S/C18H26N2O4/c1-3-23-18(22)20-12-10-19(11-13-20)17(21)9-6-14-24-16-8-5-4-7-15(16)2/h4-5,7-8H,3,6,9-14H2,1-2H3. The molecule has 1 aromatic rings. The molecule has 6 heteroatoms. The van der Waals surface area contributed by atoms with Crippen LogP contribution < -0.4 is 4.74 Å². The fourth-order valence-corrected chi connectivity index (χ4v) is 2.64. The lowest BCUT2D eigenvalue weighted by molar-refractivity contribution is -0.133. The molecule has 24 heavy (non-hydrogen) atoms. The zero-order valence-corrected chi connectivity index (χ0v) is 14.5. The molecule has 0 radical (unpaired) electrons. The summed E-state index contributed by atoms with van der Waals surface area (Å²) in [6.07, 6.45) is 0.854. The summed E-state index contributed by atoms with van der Waals surface area (Å²) in [5.41, 5.74) is 1.10. The van der Waals surface area contributed by atoms with Crippen LogP contribution in [0.3, 0.4) is 0 Å². The van der Waals surface area contributed by atoms with Crippen LogP contribution in [0.4, 0.5) is 4.79 Å². The molecule has 132 valence electrons. The quantitative estimate of drug-likeness (QED) is 0.750. The van der Waals surface area contributed by atoms with Gasteiger partial charge in [-0.3, -0.25) is 4.79 Å². The maximum absolute atomic E-state index is 12.2. The molecule has 0 atom stereocenters. The lowest BCUT2D eigenvalue weighted by Gasteiger charge is -2.34. The summed E-state index contributed by atoms with van der Waals surface area (Å²) < 4.78 is 10.7.